The Bertz CT molecular complexity index is 804. The summed E-state index contributed by atoms with van der Waals surface area (Å²) < 4.78 is 85.2. The van der Waals surface area contributed by atoms with E-state index < -0.39 is 37.7 Å². The molecule has 0 spiro atoms. The van der Waals surface area contributed by atoms with Gasteiger partial charge >= 0.3 is 12.1 Å². The highest BCUT2D eigenvalue weighted by Gasteiger charge is 2.56. The highest BCUT2D eigenvalue weighted by Crippen LogP contribution is 2.38. The smallest absolute Gasteiger partial charge is 0.335 e. The molecule has 0 radical (unpaired) electrons. The first-order valence-electron chi connectivity index (χ1n) is 7.10. The maximum Gasteiger partial charge on any atom is 0.453 e. The average Bonchev–Trinajstić information content (AvgIpc) is 2.86. The van der Waals surface area contributed by atoms with Crippen LogP contribution < -0.4 is 0 Å². The Morgan fingerprint density at radius 3 is 2.62 bits per heavy atom. The van der Waals surface area contributed by atoms with Crippen molar-refractivity contribution in [1.82, 2.24) is 14.5 Å². The van der Waals surface area contributed by atoms with Gasteiger partial charge in [-0.15, -0.1) is 0 Å². The zero-order chi connectivity index (χ0) is 18.3. The highest BCUT2D eigenvalue weighted by molar-refractivity contribution is 5.81. The third kappa shape index (κ3) is 2.79. The molecule has 0 unspecified atom stereocenters. The summed E-state index contributed by atoms with van der Waals surface area (Å²) in [6.45, 7) is -2.66. The van der Waals surface area contributed by atoms with Crippen LogP contribution in [-0.2, 0) is 13.4 Å². The normalized spacial score (nSPS) is 15.3. The summed E-state index contributed by atoms with van der Waals surface area (Å²) in [5.41, 5.74) is -0.528. The van der Waals surface area contributed by atoms with E-state index in [1.807, 2.05) is 0 Å². The number of aryl methyl sites for hydroxylation is 2. The quantitative estimate of drug-likeness (QED) is 0.819. The lowest BCUT2D eigenvalue weighted by Gasteiger charge is -2.18. The maximum atomic E-state index is 13.0. The number of halogens is 5. The van der Waals surface area contributed by atoms with E-state index >= 15 is 0 Å². The predicted molar refractivity (Wildman–Crippen MR) is 62.5 cm³/mol. The zero-order valence-electron chi connectivity index (χ0n) is 13.2. The van der Waals surface area contributed by atoms with Crippen molar-refractivity contribution in [2.45, 2.75) is 24.9 Å². The Morgan fingerprint density at radius 2 is 2.05 bits per heavy atom. The molecule has 2 rings (SSSR count). The molecule has 2 aromatic rings. The molecule has 0 N–H and O–H groups in total. The molecule has 2 heterocycles. The van der Waals surface area contributed by atoms with Crippen LogP contribution in [0.4, 0.5) is 22.0 Å². The van der Waals surface area contributed by atoms with E-state index in [0.29, 0.717) is 0 Å². The van der Waals surface area contributed by atoms with Crippen molar-refractivity contribution in [2.24, 2.45) is 6.98 Å². The van der Waals surface area contributed by atoms with E-state index in [2.05, 4.69) is 9.97 Å². The van der Waals surface area contributed by atoms with E-state index in [-0.39, 0.29) is 16.7 Å². The van der Waals surface area contributed by atoms with Gasteiger partial charge in [0.05, 0.1) is 5.39 Å². The average molecular weight is 307 g/mol. The molecular weight excluding hydrogens is 295 g/mol. The number of nitriles is 1. The Balaban J connectivity index is 2.44. The van der Waals surface area contributed by atoms with Crippen molar-refractivity contribution < 1.29 is 26.1 Å². The molecule has 0 aromatic carbocycles. The first-order valence-corrected chi connectivity index (χ1v) is 5.60. The Kier molecular flexibility index (Phi) is 2.69. The number of alkyl halides is 5. The van der Waals surface area contributed by atoms with E-state index in [1.165, 1.54) is 6.07 Å². The molecule has 112 valence electrons. The summed E-state index contributed by atoms with van der Waals surface area (Å²) in [6, 6.07) is 2.90. The van der Waals surface area contributed by atoms with E-state index in [9.17, 15) is 22.0 Å². The molecule has 0 aliphatic heterocycles. The fraction of sp³-hybridized carbons (Fsp3) is 0.417. The number of hydrogen-bond donors (Lipinski definition) is 0. The van der Waals surface area contributed by atoms with Crippen LogP contribution >= 0.6 is 0 Å². The molecule has 0 saturated heterocycles. The number of aromatic nitrogens is 3. The number of rotatable bonds is 3. The van der Waals surface area contributed by atoms with Crippen LogP contribution in [0.15, 0.2) is 12.3 Å². The third-order valence-corrected chi connectivity index (χ3v) is 2.77. The summed E-state index contributed by atoms with van der Waals surface area (Å²) in [4.78, 5) is 7.37. The van der Waals surface area contributed by atoms with Gasteiger partial charge in [-0.1, -0.05) is 0 Å². The summed E-state index contributed by atoms with van der Waals surface area (Å²) in [5, 5.41) is 9.08. The van der Waals surface area contributed by atoms with Gasteiger partial charge < -0.3 is 4.57 Å². The Hall–Kier alpha value is -2.24. The first kappa shape index (κ1) is 11.4. The van der Waals surface area contributed by atoms with Crippen molar-refractivity contribution in [3.63, 3.8) is 0 Å². The first-order chi connectivity index (χ1) is 10.9. The van der Waals surface area contributed by atoms with Gasteiger partial charge in [0.25, 0.3) is 0 Å². The molecule has 4 nitrogen and oxygen atoms in total. The Labute approximate surface area is 120 Å². The van der Waals surface area contributed by atoms with Crippen LogP contribution in [0.5, 0.6) is 0 Å². The third-order valence-electron chi connectivity index (χ3n) is 2.77. The van der Waals surface area contributed by atoms with Crippen LogP contribution in [-0.4, -0.2) is 26.6 Å². The van der Waals surface area contributed by atoms with Crippen molar-refractivity contribution in [3.05, 3.63) is 23.8 Å². The highest BCUT2D eigenvalue weighted by atomic mass is 19.4. The molecule has 0 aliphatic rings. The van der Waals surface area contributed by atoms with Gasteiger partial charge in [0, 0.05) is 30.1 Å². The van der Waals surface area contributed by atoms with Crippen molar-refractivity contribution >= 4 is 11.0 Å². The number of fused-ring (bicyclic) bond motifs is 1. The van der Waals surface area contributed by atoms with Crippen molar-refractivity contribution in [3.8, 4) is 6.07 Å². The maximum absolute atomic E-state index is 13.0. The van der Waals surface area contributed by atoms with Gasteiger partial charge in [0.2, 0.25) is 0 Å². The lowest BCUT2D eigenvalue weighted by atomic mass is 10.1. The van der Waals surface area contributed by atoms with Crippen LogP contribution in [0.2, 0.25) is 0 Å². The zero-order valence-corrected chi connectivity index (χ0v) is 10.2. The molecule has 9 heteroatoms. The lowest BCUT2D eigenvalue weighted by molar-refractivity contribution is -0.284. The van der Waals surface area contributed by atoms with Crippen LogP contribution in [0.1, 0.15) is 22.1 Å². The number of nitrogens with zero attached hydrogens (tertiary/aromatic N) is 4. The van der Waals surface area contributed by atoms with Gasteiger partial charge in [-0.25, -0.2) is 9.97 Å². The monoisotopic (exact) mass is 307 g/mol. The van der Waals surface area contributed by atoms with Gasteiger partial charge in [0.1, 0.15) is 17.5 Å². The fourth-order valence-corrected chi connectivity index (χ4v) is 1.67. The van der Waals surface area contributed by atoms with Crippen molar-refractivity contribution in [1.29, 1.82) is 5.26 Å². The molecule has 2 aromatic heterocycles. The van der Waals surface area contributed by atoms with Crippen LogP contribution in [0, 0.1) is 11.3 Å². The summed E-state index contributed by atoms with van der Waals surface area (Å²) >= 11 is 0. The van der Waals surface area contributed by atoms with Gasteiger partial charge in [0.15, 0.2) is 5.69 Å². The fourth-order valence-electron chi connectivity index (χ4n) is 1.67. The van der Waals surface area contributed by atoms with Gasteiger partial charge in [-0.05, 0) is 6.07 Å². The van der Waals surface area contributed by atoms with Gasteiger partial charge in [-0.3, -0.25) is 0 Å². The van der Waals surface area contributed by atoms with Crippen LogP contribution in [0.25, 0.3) is 11.0 Å². The summed E-state index contributed by atoms with van der Waals surface area (Å²) in [6.07, 6.45) is -7.08. The minimum atomic E-state index is -5.71. The van der Waals surface area contributed by atoms with E-state index in [1.54, 1.807) is 6.07 Å². The van der Waals surface area contributed by atoms with Crippen LogP contribution in [0.3, 0.4) is 0 Å². The number of hydrogen-bond acceptors (Lipinski definition) is 3. The van der Waals surface area contributed by atoms with E-state index in [0.717, 1.165) is 10.8 Å². The molecule has 0 saturated carbocycles. The SMILES string of the molecule is [2H]C([2H])([2H])n1ccc2c(C#N)nc(CCC(F)(F)C(F)(F)F)nc21. The largest absolute Gasteiger partial charge is 0.453 e. The van der Waals surface area contributed by atoms with Crippen molar-refractivity contribution in [2.75, 3.05) is 0 Å². The van der Waals surface area contributed by atoms with E-state index in [4.69, 9.17) is 9.37 Å². The summed E-state index contributed by atoms with van der Waals surface area (Å²) in [5.74, 6) is -5.41. The molecule has 0 atom stereocenters. The second-order valence-electron chi connectivity index (χ2n) is 4.23. The topological polar surface area (TPSA) is 54.5 Å². The molecule has 0 aliphatic carbocycles. The molecule has 21 heavy (non-hydrogen) atoms. The molecule has 0 bridgehead atoms. The second kappa shape index (κ2) is 4.95. The predicted octanol–water partition coefficient (Wildman–Crippen LogP) is 2.97. The molecule has 0 fully saturated rings. The second-order valence-corrected chi connectivity index (χ2v) is 4.23. The standard InChI is InChI=1S/C12H9F5N4/c1-21-5-3-7-8(6-18)19-9(20-10(7)21)2-4-11(13,14)12(15,16)17/h3,5H,2,4H2,1H3/i1D3. The Morgan fingerprint density at radius 1 is 1.33 bits per heavy atom. The lowest BCUT2D eigenvalue weighted by Crippen LogP contribution is -2.36. The van der Waals surface area contributed by atoms with Gasteiger partial charge in [-0.2, -0.15) is 27.2 Å². The molecule has 0 amide bonds. The summed E-state index contributed by atoms with van der Waals surface area (Å²) in [7, 11) is 0. The minimum Gasteiger partial charge on any atom is -0.335 e. The minimum absolute atomic E-state index is 0.0694. The molecular formula is C12H9F5N4.